The Morgan fingerprint density at radius 3 is 2.39 bits per heavy atom. The van der Waals surface area contributed by atoms with Gasteiger partial charge in [0.2, 0.25) is 0 Å². The van der Waals surface area contributed by atoms with Gasteiger partial charge in [-0.2, -0.15) is 8.42 Å². The number of hydrogen-bond donors (Lipinski definition) is 1. The molecule has 100 valence electrons. The average Bonchev–Trinajstić information content (AvgIpc) is 2.31. The molecule has 0 amide bonds. The molecule has 0 aliphatic carbocycles. The van der Waals surface area contributed by atoms with Crippen molar-refractivity contribution < 1.29 is 12.6 Å². The van der Waals surface area contributed by atoms with Crippen LogP contribution in [0.4, 0.5) is 0 Å². The molecule has 1 heterocycles. The van der Waals surface area contributed by atoms with E-state index in [9.17, 15) is 8.42 Å². The molecule has 4 nitrogen and oxygen atoms in total. The minimum atomic E-state index is -3.43. The average molecular weight is 269 g/mol. The highest BCUT2D eigenvalue weighted by Crippen LogP contribution is 2.20. The first kappa shape index (κ1) is 13.4. The molecule has 1 aliphatic rings. The summed E-state index contributed by atoms with van der Waals surface area (Å²) in [5.41, 5.74) is 1.24. The van der Waals surface area contributed by atoms with Gasteiger partial charge in [-0.1, -0.05) is 12.1 Å². The number of rotatable bonds is 4. The molecular formula is C13H19NO3S. The first-order valence-corrected chi connectivity index (χ1v) is 8.04. The van der Waals surface area contributed by atoms with E-state index in [1.54, 1.807) is 12.1 Å². The van der Waals surface area contributed by atoms with Crippen LogP contribution in [0.2, 0.25) is 0 Å². The molecule has 1 fully saturated rings. The number of hydrogen-bond acceptors (Lipinski definition) is 4. The van der Waals surface area contributed by atoms with E-state index in [1.807, 2.05) is 12.1 Å². The standard InChI is InChI=1S/C13H19NO3S/c1-18(15,16)17-13-4-2-11(3-5-13)10-12-6-8-14-9-7-12/h2-5,12,14H,6-10H2,1H3. The van der Waals surface area contributed by atoms with Gasteiger partial charge in [-0.05, 0) is 56.0 Å². The van der Waals surface area contributed by atoms with Crippen LogP contribution >= 0.6 is 0 Å². The molecule has 0 bridgehead atoms. The van der Waals surface area contributed by atoms with Gasteiger partial charge in [-0.3, -0.25) is 0 Å². The van der Waals surface area contributed by atoms with Gasteiger partial charge < -0.3 is 9.50 Å². The Balaban J connectivity index is 1.94. The summed E-state index contributed by atoms with van der Waals surface area (Å²) in [6.07, 6.45) is 4.53. The summed E-state index contributed by atoms with van der Waals surface area (Å²) in [7, 11) is -3.43. The molecule has 1 aromatic rings. The maximum atomic E-state index is 11.0. The van der Waals surface area contributed by atoms with Gasteiger partial charge >= 0.3 is 10.1 Å². The Hall–Kier alpha value is -1.07. The van der Waals surface area contributed by atoms with Crippen molar-refractivity contribution in [2.24, 2.45) is 5.92 Å². The highest BCUT2D eigenvalue weighted by molar-refractivity contribution is 7.86. The lowest BCUT2D eigenvalue weighted by Gasteiger charge is -2.22. The van der Waals surface area contributed by atoms with Crippen LogP contribution in [0, 0.1) is 5.92 Å². The molecule has 5 heteroatoms. The summed E-state index contributed by atoms with van der Waals surface area (Å²) >= 11 is 0. The molecule has 1 aliphatic heterocycles. The molecule has 0 radical (unpaired) electrons. The van der Waals surface area contributed by atoms with E-state index in [0.717, 1.165) is 31.7 Å². The van der Waals surface area contributed by atoms with Gasteiger partial charge in [0, 0.05) is 0 Å². The SMILES string of the molecule is CS(=O)(=O)Oc1ccc(CC2CCNCC2)cc1. The van der Waals surface area contributed by atoms with Gasteiger partial charge in [0.1, 0.15) is 5.75 Å². The predicted molar refractivity (Wildman–Crippen MR) is 71.2 cm³/mol. The first-order valence-electron chi connectivity index (χ1n) is 6.22. The third-order valence-corrected chi connectivity index (χ3v) is 3.65. The first-order chi connectivity index (χ1) is 8.53. The molecule has 2 rings (SSSR count). The second kappa shape index (κ2) is 5.71. The Kier molecular flexibility index (Phi) is 4.24. The Morgan fingerprint density at radius 1 is 1.22 bits per heavy atom. The quantitative estimate of drug-likeness (QED) is 0.843. The lowest BCUT2D eigenvalue weighted by molar-refractivity contribution is 0.372. The number of piperidine rings is 1. The van der Waals surface area contributed by atoms with Crippen molar-refractivity contribution in [3.05, 3.63) is 29.8 Å². The van der Waals surface area contributed by atoms with Crippen molar-refractivity contribution in [2.75, 3.05) is 19.3 Å². The van der Waals surface area contributed by atoms with E-state index in [4.69, 9.17) is 4.18 Å². The van der Waals surface area contributed by atoms with Gasteiger partial charge in [0.15, 0.2) is 0 Å². The Bertz CT molecular complexity index is 475. The summed E-state index contributed by atoms with van der Waals surface area (Å²) in [6, 6.07) is 7.33. The van der Waals surface area contributed by atoms with Crippen LogP contribution < -0.4 is 9.50 Å². The molecule has 1 aromatic carbocycles. The molecule has 0 saturated carbocycles. The fourth-order valence-electron chi connectivity index (χ4n) is 2.28. The van der Waals surface area contributed by atoms with E-state index in [0.29, 0.717) is 5.75 Å². The molecule has 0 atom stereocenters. The minimum Gasteiger partial charge on any atom is -0.383 e. The fourth-order valence-corrected chi connectivity index (χ4v) is 2.74. The number of benzene rings is 1. The van der Waals surface area contributed by atoms with E-state index < -0.39 is 10.1 Å². The van der Waals surface area contributed by atoms with Crippen molar-refractivity contribution in [3.63, 3.8) is 0 Å². The van der Waals surface area contributed by atoms with Crippen LogP contribution in [0.5, 0.6) is 5.75 Å². The third-order valence-electron chi connectivity index (χ3n) is 3.15. The van der Waals surface area contributed by atoms with Crippen molar-refractivity contribution >= 4 is 10.1 Å². The molecule has 1 N–H and O–H groups in total. The summed E-state index contributed by atoms with van der Waals surface area (Å²) in [6.45, 7) is 2.19. The number of nitrogens with one attached hydrogen (secondary N) is 1. The largest absolute Gasteiger partial charge is 0.383 e. The molecule has 1 saturated heterocycles. The lowest BCUT2D eigenvalue weighted by Crippen LogP contribution is -2.28. The zero-order chi connectivity index (χ0) is 13.0. The maximum absolute atomic E-state index is 11.0. The lowest BCUT2D eigenvalue weighted by atomic mass is 9.91. The normalized spacial score (nSPS) is 17.6. The van der Waals surface area contributed by atoms with Crippen LogP contribution in [0.1, 0.15) is 18.4 Å². The van der Waals surface area contributed by atoms with E-state index in [1.165, 1.54) is 18.4 Å². The molecule has 0 spiro atoms. The molecule has 0 unspecified atom stereocenters. The Labute approximate surface area is 108 Å². The van der Waals surface area contributed by atoms with Crippen molar-refractivity contribution in [1.82, 2.24) is 5.32 Å². The smallest absolute Gasteiger partial charge is 0.306 e. The van der Waals surface area contributed by atoms with Crippen LogP contribution in [-0.4, -0.2) is 27.8 Å². The molecule has 0 aromatic heterocycles. The third kappa shape index (κ3) is 4.31. The zero-order valence-corrected chi connectivity index (χ0v) is 11.4. The summed E-state index contributed by atoms with van der Waals surface area (Å²) < 4.78 is 26.8. The van der Waals surface area contributed by atoms with Crippen molar-refractivity contribution in [1.29, 1.82) is 0 Å². The van der Waals surface area contributed by atoms with Crippen molar-refractivity contribution in [2.45, 2.75) is 19.3 Å². The van der Waals surface area contributed by atoms with E-state index >= 15 is 0 Å². The summed E-state index contributed by atoms with van der Waals surface area (Å²) in [4.78, 5) is 0. The zero-order valence-electron chi connectivity index (χ0n) is 10.6. The maximum Gasteiger partial charge on any atom is 0.306 e. The van der Waals surface area contributed by atoms with Crippen LogP contribution in [0.25, 0.3) is 0 Å². The molecular weight excluding hydrogens is 250 g/mol. The van der Waals surface area contributed by atoms with Gasteiger partial charge in [0.25, 0.3) is 0 Å². The van der Waals surface area contributed by atoms with Gasteiger partial charge in [-0.25, -0.2) is 0 Å². The fraction of sp³-hybridized carbons (Fsp3) is 0.538. The monoisotopic (exact) mass is 269 g/mol. The van der Waals surface area contributed by atoms with E-state index in [-0.39, 0.29) is 0 Å². The van der Waals surface area contributed by atoms with Crippen LogP contribution in [-0.2, 0) is 16.5 Å². The highest BCUT2D eigenvalue weighted by atomic mass is 32.2. The summed E-state index contributed by atoms with van der Waals surface area (Å²) in [5, 5.41) is 3.35. The topological polar surface area (TPSA) is 55.4 Å². The van der Waals surface area contributed by atoms with Crippen LogP contribution in [0.3, 0.4) is 0 Å². The van der Waals surface area contributed by atoms with Crippen LogP contribution in [0.15, 0.2) is 24.3 Å². The van der Waals surface area contributed by atoms with E-state index in [2.05, 4.69) is 5.32 Å². The van der Waals surface area contributed by atoms with Gasteiger partial charge in [-0.15, -0.1) is 0 Å². The van der Waals surface area contributed by atoms with Crippen molar-refractivity contribution in [3.8, 4) is 5.75 Å². The minimum absolute atomic E-state index is 0.381. The second-order valence-corrected chi connectivity index (χ2v) is 6.40. The second-order valence-electron chi connectivity index (χ2n) is 4.83. The van der Waals surface area contributed by atoms with Gasteiger partial charge in [0.05, 0.1) is 6.26 Å². The summed E-state index contributed by atoms with van der Waals surface area (Å²) in [5.74, 6) is 1.11. The molecule has 18 heavy (non-hydrogen) atoms. The highest BCUT2D eigenvalue weighted by Gasteiger charge is 2.13. The Morgan fingerprint density at radius 2 is 1.83 bits per heavy atom. The predicted octanol–water partition coefficient (Wildman–Crippen LogP) is 1.57.